The van der Waals surface area contributed by atoms with Crippen molar-refractivity contribution in [3.05, 3.63) is 35.9 Å². The Morgan fingerprint density at radius 1 is 1.21 bits per heavy atom. The van der Waals surface area contributed by atoms with Gasteiger partial charge in [-0.2, -0.15) is 0 Å². The lowest BCUT2D eigenvalue weighted by Gasteiger charge is -2.26. The molecule has 6 nitrogen and oxygen atoms in total. The van der Waals surface area contributed by atoms with Crippen molar-refractivity contribution in [2.24, 2.45) is 0 Å². The molecule has 0 bridgehead atoms. The molecule has 1 saturated heterocycles. The summed E-state index contributed by atoms with van der Waals surface area (Å²) < 4.78 is 0. The summed E-state index contributed by atoms with van der Waals surface area (Å²) in [7, 11) is 0. The number of nitrogens with zero attached hydrogens (tertiary/aromatic N) is 1. The minimum atomic E-state index is -0.914. The standard InChI is InChI=1S/C17H26N4O2S/c22-16(23)15(13-14-7-3-1-4-8-14)19-20-17(24)18-9-12-21-10-5-2-6-11-21/h1,3-4,7-8,15,19H,2,5-6,9-13H2,(H,22,23)(H2,18,20,24)/t15-/m0/s1. The van der Waals surface area contributed by atoms with Gasteiger partial charge in [0.15, 0.2) is 5.11 Å². The molecule has 0 saturated carbocycles. The van der Waals surface area contributed by atoms with Crippen LogP contribution in [-0.4, -0.2) is 53.3 Å². The first kappa shape index (κ1) is 18.6. The first-order chi connectivity index (χ1) is 11.6. The molecule has 0 aliphatic carbocycles. The molecule has 1 aromatic rings. The molecule has 0 amide bonds. The minimum absolute atomic E-state index is 0.388. The van der Waals surface area contributed by atoms with Crippen molar-refractivity contribution in [1.82, 2.24) is 21.1 Å². The van der Waals surface area contributed by atoms with Crippen molar-refractivity contribution in [2.75, 3.05) is 26.2 Å². The fourth-order valence-corrected chi connectivity index (χ4v) is 2.92. The quantitative estimate of drug-likeness (QED) is 0.414. The highest BCUT2D eigenvalue weighted by Gasteiger charge is 2.17. The number of aliphatic carboxylic acids is 1. The first-order valence-corrected chi connectivity index (χ1v) is 8.84. The third-order valence-corrected chi connectivity index (χ3v) is 4.35. The Morgan fingerprint density at radius 2 is 1.92 bits per heavy atom. The van der Waals surface area contributed by atoms with E-state index in [4.69, 9.17) is 12.2 Å². The molecule has 0 aromatic heterocycles. The van der Waals surface area contributed by atoms with Gasteiger partial charge in [0, 0.05) is 19.5 Å². The van der Waals surface area contributed by atoms with E-state index in [9.17, 15) is 9.90 Å². The van der Waals surface area contributed by atoms with Crippen LogP contribution >= 0.6 is 12.2 Å². The highest BCUT2D eigenvalue weighted by molar-refractivity contribution is 7.80. The highest BCUT2D eigenvalue weighted by atomic mass is 32.1. The highest BCUT2D eigenvalue weighted by Crippen LogP contribution is 2.07. The maximum Gasteiger partial charge on any atom is 0.322 e. The van der Waals surface area contributed by atoms with E-state index >= 15 is 0 Å². The number of rotatable bonds is 8. The van der Waals surface area contributed by atoms with E-state index in [-0.39, 0.29) is 0 Å². The SMILES string of the molecule is O=C(O)[C@H](Cc1ccccc1)NNC(=S)NCCN1CCCCC1. The number of piperidine rings is 1. The number of carbonyl (C=O) groups is 1. The fraction of sp³-hybridized carbons (Fsp3) is 0.529. The van der Waals surface area contributed by atoms with E-state index in [1.54, 1.807) is 0 Å². The van der Waals surface area contributed by atoms with Gasteiger partial charge in [-0.3, -0.25) is 10.2 Å². The smallest absolute Gasteiger partial charge is 0.322 e. The molecule has 1 aliphatic rings. The summed E-state index contributed by atoms with van der Waals surface area (Å²) in [5.41, 5.74) is 6.54. The summed E-state index contributed by atoms with van der Waals surface area (Å²) >= 11 is 5.19. The van der Waals surface area contributed by atoms with Crippen LogP contribution in [0.5, 0.6) is 0 Å². The van der Waals surface area contributed by atoms with E-state index < -0.39 is 12.0 Å². The summed E-state index contributed by atoms with van der Waals surface area (Å²) in [4.78, 5) is 13.8. The molecule has 2 rings (SSSR count). The van der Waals surface area contributed by atoms with E-state index in [1.165, 1.54) is 19.3 Å². The fourth-order valence-electron chi connectivity index (χ4n) is 2.76. The molecule has 1 aliphatic heterocycles. The van der Waals surface area contributed by atoms with Crippen molar-refractivity contribution in [3.8, 4) is 0 Å². The number of hydrogen-bond acceptors (Lipinski definition) is 4. The molecular weight excluding hydrogens is 324 g/mol. The molecular formula is C17H26N4O2S. The second-order valence-corrected chi connectivity index (χ2v) is 6.42. The van der Waals surface area contributed by atoms with Crippen LogP contribution in [-0.2, 0) is 11.2 Å². The molecule has 0 radical (unpaired) electrons. The van der Waals surface area contributed by atoms with Crippen LogP contribution in [0.3, 0.4) is 0 Å². The Hall–Kier alpha value is -1.70. The van der Waals surface area contributed by atoms with Gasteiger partial charge in [0.05, 0.1) is 0 Å². The van der Waals surface area contributed by atoms with Crippen LogP contribution in [0.1, 0.15) is 24.8 Å². The predicted octanol–water partition coefficient (Wildman–Crippen LogP) is 1.14. The lowest BCUT2D eigenvalue weighted by molar-refractivity contribution is -0.139. The predicted molar refractivity (Wildman–Crippen MR) is 98.7 cm³/mol. The average Bonchev–Trinajstić information content (AvgIpc) is 2.60. The molecule has 4 N–H and O–H groups in total. The van der Waals surface area contributed by atoms with Gasteiger partial charge in [-0.15, -0.1) is 0 Å². The summed E-state index contributed by atoms with van der Waals surface area (Å²) in [6.45, 7) is 4.01. The second-order valence-electron chi connectivity index (χ2n) is 6.01. The van der Waals surface area contributed by atoms with Crippen molar-refractivity contribution < 1.29 is 9.90 Å². The summed E-state index contributed by atoms with van der Waals surface area (Å²) in [5, 5.41) is 12.9. The van der Waals surface area contributed by atoms with E-state index in [2.05, 4.69) is 21.1 Å². The zero-order chi connectivity index (χ0) is 17.2. The second kappa shape index (κ2) is 10.2. The number of thiocarbonyl (C=S) groups is 1. The van der Waals surface area contributed by atoms with Crippen LogP contribution in [0.4, 0.5) is 0 Å². The molecule has 24 heavy (non-hydrogen) atoms. The van der Waals surface area contributed by atoms with Gasteiger partial charge in [-0.05, 0) is 43.7 Å². The number of hydrogen-bond donors (Lipinski definition) is 4. The largest absolute Gasteiger partial charge is 0.480 e. The zero-order valence-electron chi connectivity index (χ0n) is 13.8. The minimum Gasteiger partial charge on any atom is -0.480 e. The summed E-state index contributed by atoms with van der Waals surface area (Å²) in [5.74, 6) is -0.914. The third-order valence-electron chi connectivity index (χ3n) is 4.10. The normalized spacial score (nSPS) is 16.3. The number of carboxylic acids is 1. The maximum absolute atomic E-state index is 11.4. The molecule has 132 valence electrons. The molecule has 7 heteroatoms. The van der Waals surface area contributed by atoms with Gasteiger partial charge in [0.2, 0.25) is 0 Å². The van der Waals surface area contributed by atoms with Crippen molar-refractivity contribution in [3.63, 3.8) is 0 Å². The summed E-state index contributed by atoms with van der Waals surface area (Å²) in [6, 6.07) is 8.78. The number of benzene rings is 1. The maximum atomic E-state index is 11.4. The van der Waals surface area contributed by atoms with Crippen LogP contribution in [0.2, 0.25) is 0 Å². The number of likely N-dealkylation sites (tertiary alicyclic amines) is 1. The van der Waals surface area contributed by atoms with E-state index in [0.717, 1.165) is 31.7 Å². The molecule has 0 spiro atoms. The topological polar surface area (TPSA) is 76.6 Å². The Kier molecular flexibility index (Phi) is 7.94. The molecule has 1 aromatic carbocycles. The Balaban J connectivity index is 1.67. The number of hydrazine groups is 1. The third kappa shape index (κ3) is 6.82. The lowest BCUT2D eigenvalue weighted by Crippen LogP contribution is -2.53. The molecule has 1 heterocycles. The average molecular weight is 350 g/mol. The number of nitrogens with one attached hydrogen (secondary N) is 3. The van der Waals surface area contributed by atoms with E-state index in [1.807, 2.05) is 30.3 Å². The monoisotopic (exact) mass is 350 g/mol. The lowest BCUT2D eigenvalue weighted by atomic mass is 10.1. The van der Waals surface area contributed by atoms with Crippen molar-refractivity contribution in [1.29, 1.82) is 0 Å². The van der Waals surface area contributed by atoms with Gasteiger partial charge < -0.3 is 15.3 Å². The van der Waals surface area contributed by atoms with Crippen LogP contribution in [0, 0.1) is 0 Å². The first-order valence-electron chi connectivity index (χ1n) is 8.43. The van der Waals surface area contributed by atoms with Gasteiger partial charge in [-0.1, -0.05) is 36.8 Å². The van der Waals surface area contributed by atoms with Crippen LogP contribution < -0.4 is 16.2 Å². The van der Waals surface area contributed by atoms with Gasteiger partial charge >= 0.3 is 5.97 Å². The van der Waals surface area contributed by atoms with Gasteiger partial charge in [-0.25, -0.2) is 5.43 Å². The number of carboxylic acid groups (broad SMARTS) is 1. The Labute approximate surface area is 148 Å². The van der Waals surface area contributed by atoms with Crippen LogP contribution in [0.15, 0.2) is 30.3 Å². The Bertz CT molecular complexity index is 521. The molecule has 0 unspecified atom stereocenters. The van der Waals surface area contributed by atoms with Crippen LogP contribution in [0.25, 0.3) is 0 Å². The van der Waals surface area contributed by atoms with E-state index in [0.29, 0.717) is 11.5 Å². The van der Waals surface area contributed by atoms with Crippen molar-refractivity contribution in [2.45, 2.75) is 31.7 Å². The zero-order valence-corrected chi connectivity index (χ0v) is 14.6. The molecule has 1 atom stereocenters. The molecule has 1 fully saturated rings. The van der Waals surface area contributed by atoms with Crippen molar-refractivity contribution >= 4 is 23.3 Å². The summed E-state index contributed by atoms with van der Waals surface area (Å²) in [6.07, 6.45) is 4.25. The Morgan fingerprint density at radius 3 is 2.58 bits per heavy atom. The van der Waals surface area contributed by atoms with Gasteiger partial charge in [0.1, 0.15) is 6.04 Å². The van der Waals surface area contributed by atoms with Gasteiger partial charge in [0.25, 0.3) is 0 Å².